The van der Waals surface area contributed by atoms with Crippen molar-refractivity contribution in [2.24, 2.45) is 11.0 Å². The molecule has 2 aliphatic rings. The maximum atomic E-state index is 11.2. The van der Waals surface area contributed by atoms with Crippen LogP contribution in [0.4, 0.5) is 0 Å². The minimum absolute atomic E-state index is 0.00345. The molecule has 0 amide bonds. The Morgan fingerprint density at radius 2 is 2.17 bits per heavy atom. The number of ketones is 1. The van der Waals surface area contributed by atoms with E-state index in [9.17, 15) is 4.79 Å². The van der Waals surface area contributed by atoms with Gasteiger partial charge in [0.2, 0.25) is 5.88 Å². The fraction of sp³-hybridized carbons (Fsp3) is 0.562. The van der Waals surface area contributed by atoms with Crippen molar-refractivity contribution in [1.29, 1.82) is 0 Å². The molecule has 1 aromatic heterocycles. The molecule has 1 aliphatic heterocycles. The van der Waals surface area contributed by atoms with Crippen molar-refractivity contribution in [3.05, 3.63) is 23.9 Å². The van der Waals surface area contributed by atoms with Crippen molar-refractivity contribution in [1.82, 2.24) is 21.1 Å². The van der Waals surface area contributed by atoms with E-state index in [1.54, 1.807) is 12.1 Å². The maximum absolute atomic E-state index is 11.2. The molecule has 1 saturated carbocycles. The Hall–Kier alpha value is -2.15. The summed E-state index contributed by atoms with van der Waals surface area (Å²) in [4.78, 5) is 15.4. The molecule has 0 aromatic carbocycles. The van der Waals surface area contributed by atoms with Gasteiger partial charge < -0.3 is 4.74 Å². The number of hydrazine groups is 2. The van der Waals surface area contributed by atoms with Crippen LogP contribution in [-0.2, 0) is 0 Å². The topological polar surface area (TPSA) is 78.8 Å². The van der Waals surface area contributed by atoms with Gasteiger partial charge in [-0.25, -0.2) is 10.5 Å². The Morgan fingerprint density at radius 1 is 1.35 bits per heavy atom. The Bertz CT molecular complexity index is 566. The Labute approximate surface area is 136 Å². The Balaban J connectivity index is 1.51. The fourth-order valence-electron chi connectivity index (χ4n) is 2.98. The lowest BCUT2D eigenvalue weighted by Gasteiger charge is -2.27. The summed E-state index contributed by atoms with van der Waals surface area (Å²) < 4.78 is 5.67. The van der Waals surface area contributed by atoms with Gasteiger partial charge in [-0.2, -0.15) is 0 Å². The van der Waals surface area contributed by atoms with E-state index in [1.807, 2.05) is 5.01 Å². The molecule has 3 rings (SSSR count). The van der Waals surface area contributed by atoms with E-state index in [0.717, 1.165) is 12.4 Å². The maximum Gasteiger partial charge on any atom is 0.213 e. The van der Waals surface area contributed by atoms with Crippen molar-refractivity contribution >= 4 is 11.6 Å². The third-order valence-corrected chi connectivity index (χ3v) is 4.34. The van der Waals surface area contributed by atoms with Crippen LogP contribution >= 0.6 is 0 Å². The molecule has 7 heteroatoms. The van der Waals surface area contributed by atoms with Gasteiger partial charge in [0.05, 0.1) is 0 Å². The highest BCUT2D eigenvalue weighted by Gasteiger charge is 2.23. The molecular formula is C16H23N5O2. The van der Waals surface area contributed by atoms with Crippen molar-refractivity contribution in [2.75, 3.05) is 13.2 Å². The SMILES string of the molecule is CC(=O)c1ccc(OCC2=NNNN2CC2CCCCC2)nc1. The molecule has 7 nitrogen and oxygen atoms in total. The first-order valence-electron chi connectivity index (χ1n) is 8.17. The van der Waals surface area contributed by atoms with Crippen LogP contribution in [0, 0.1) is 5.92 Å². The normalized spacial score (nSPS) is 18.5. The van der Waals surface area contributed by atoms with E-state index >= 15 is 0 Å². The third kappa shape index (κ3) is 4.19. The average Bonchev–Trinajstić information content (AvgIpc) is 3.01. The number of carbonyl (C=O) groups excluding carboxylic acids is 1. The summed E-state index contributed by atoms with van der Waals surface area (Å²) in [6, 6.07) is 3.43. The van der Waals surface area contributed by atoms with Crippen LogP contribution in [0.25, 0.3) is 0 Å². The van der Waals surface area contributed by atoms with Crippen LogP contribution in [0.1, 0.15) is 49.4 Å². The molecule has 0 saturated heterocycles. The first-order valence-corrected chi connectivity index (χ1v) is 8.17. The first-order chi connectivity index (χ1) is 11.2. The van der Waals surface area contributed by atoms with Gasteiger partial charge in [0.25, 0.3) is 0 Å². The summed E-state index contributed by atoms with van der Waals surface area (Å²) in [5, 5.41) is 6.23. The minimum atomic E-state index is -0.00345. The van der Waals surface area contributed by atoms with Crippen molar-refractivity contribution in [2.45, 2.75) is 39.0 Å². The van der Waals surface area contributed by atoms with Crippen molar-refractivity contribution in [3.8, 4) is 5.88 Å². The van der Waals surface area contributed by atoms with Crippen LogP contribution in [0.2, 0.25) is 0 Å². The van der Waals surface area contributed by atoms with E-state index in [0.29, 0.717) is 24.0 Å². The molecule has 1 fully saturated rings. The van der Waals surface area contributed by atoms with Gasteiger partial charge in [-0.05, 0) is 31.7 Å². The lowest BCUT2D eigenvalue weighted by atomic mass is 9.89. The second-order valence-corrected chi connectivity index (χ2v) is 6.10. The number of nitrogens with zero attached hydrogens (tertiary/aromatic N) is 3. The highest BCUT2D eigenvalue weighted by molar-refractivity contribution is 5.93. The summed E-state index contributed by atoms with van der Waals surface area (Å²) >= 11 is 0. The zero-order valence-corrected chi connectivity index (χ0v) is 13.4. The molecule has 2 N–H and O–H groups in total. The van der Waals surface area contributed by atoms with Crippen LogP contribution in [-0.4, -0.2) is 34.8 Å². The Kier molecular flexibility index (Phi) is 5.07. The second kappa shape index (κ2) is 7.41. The van der Waals surface area contributed by atoms with E-state index in [2.05, 4.69) is 21.2 Å². The number of pyridine rings is 1. The second-order valence-electron chi connectivity index (χ2n) is 6.10. The molecule has 124 valence electrons. The van der Waals surface area contributed by atoms with Crippen LogP contribution in [0.3, 0.4) is 0 Å². The number of hydrogen-bond acceptors (Lipinski definition) is 7. The number of hydrazone groups is 1. The molecule has 0 bridgehead atoms. The van der Waals surface area contributed by atoms with Gasteiger partial charge in [0.1, 0.15) is 0 Å². The van der Waals surface area contributed by atoms with E-state index in [4.69, 9.17) is 4.74 Å². The zero-order valence-electron chi connectivity index (χ0n) is 13.4. The molecule has 2 heterocycles. The number of ether oxygens (including phenoxy) is 1. The number of hydrogen-bond donors (Lipinski definition) is 2. The summed E-state index contributed by atoms with van der Waals surface area (Å²) in [5.74, 6) is 2.00. The van der Waals surface area contributed by atoms with Gasteiger partial charge in [-0.3, -0.25) is 9.80 Å². The molecule has 0 spiro atoms. The minimum Gasteiger partial charge on any atom is -0.469 e. The largest absolute Gasteiger partial charge is 0.469 e. The summed E-state index contributed by atoms with van der Waals surface area (Å²) in [7, 11) is 0. The van der Waals surface area contributed by atoms with E-state index < -0.39 is 0 Å². The fourth-order valence-corrected chi connectivity index (χ4v) is 2.98. The number of nitrogens with one attached hydrogen (secondary N) is 2. The van der Waals surface area contributed by atoms with Crippen LogP contribution < -0.4 is 15.8 Å². The quantitative estimate of drug-likeness (QED) is 0.780. The van der Waals surface area contributed by atoms with Crippen molar-refractivity contribution in [3.63, 3.8) is 0 Å². The van der Waals surface area contributed by atoms with E-state index in [-0.39, 0.29) is 5.78 Å². The molecule has 0 atom stereocenters. The standard InChI is InChI=1S/C16H23N5O2/c1-12(22)14-7-8-16(17-9-14)23-11-15-18-19-20-21(15)10-13-5-3-2-4-6-13/h7-9,13,19-20H,2-6,10-11H2,1H3. The zero-order chi connectivity index (χ0) is 16.1. The van der Waals surface area contributed by atoms with E-state index in [1.165, 1.54) is 45.2 Å². The van der Waals surface area contributed by atoms with Crippen LogP contribution in [0.5, 0.6) is 5.88 Å². The number of Topliss-reactive ketones (excluding diaryl/α,β-unsaturated/α-hetero) is 1. The van der Waals surface area contributed by atoms with Gasteiger partial charge in [0, 0.05) is 24.4 Å². The number of rotatable bonds is 6. The Morgan fingerprint density at radius 3 is 2.87 bits per heavy atom. The predicted molar refractivity (Wildman–Crippen MR) is 86.7 cm³/mol. The molecular weight excluding hydrogens is 294 g/mol. The van der Waals surface area contributed by atoms with Gasteiger partial charge in [0.15, 0.2) is 18.2 Å². The highest BCUT2D eigenvalue weighted by atomic mass is 16.5. The number of carbonyl (C=O) groups is 1. The predicted octanol–water partition coefficient (Wildman–Crippen LogP) is 1.88. The third-order valence-electron chi connectivity index (χ3n) is 4.34. The lowest BCUT2D eigenvalue weighted by molar-refractivity contribution is 0.101. The monoisotopic (exact) mass is 317 g/mol. The van der Waals surface area contributed by atoms with Gasteiger partial charge in [-0.1, -0.05) is 19.3 Å². The van der Waals surface area contributed by atoms with Crippen molar-refractivity contribution < 1.29 is 9.53 Å². The highest BCUT2D eigenvalue weighted by Crippen LogP contribution is 2.24. The lowest BCUT2D eigenvalue weighted by Crippen LogP contribution is -2.45. The van der Waals surface area contributed by atoms with Crippen LogP contribution in [0.15, 0.2) is 23.4 Å². The summed E-state index contributed by atoms with van der Waals surface area (Å²) in [6.07, 6.45) is 8.09. The summed E-state index contributed by atoms with van der Waals surface area (Å²) in [5.41, 5.74) is 6.42. The number of aromatic nitrogens is 1. The molecule has 0 unspecified atom stereocenters. The number of amidine groups is 1. The van der Waals surface area contributed by atoms with Gasteiger partial charge >= 0.3 is 0 Å². The van der Waals surface area contributed by atoms with Gasteiger partial charge in [-0.15, -0.1) is 10.6 Å². The summed E-state index contributed by atoms with van der Waals surface area (Å²) in [6.45, 7) is 2.79. The molecule has 0 radical (unpaired) electrons. The molecule has 1 aliphatic carbocycles. The molecule has 23 heavy (non-hydrogen) atoms. The smallest absolute Gasteiger partial charge is 0.213 e. The average molecular weight is 317 g/mol. The molecule has 1 aromatic rings. The first kappa shape index (κ1) is 15.7.